The van der Waals surface area contributed by atoms with E-state index in [0.717, 1.165) is 31.8 Å². The number of nitrogens with one attached hydrogen (secondary N) is 2. The Hall–Kier alpha value is -0.320. The molecule has 3 fully saturated rings. The summed E-state index contributed by atoms with van der Waals surface area (Å²) in [6.45, 7) is 5.82. The number of likely N-dealkylation sites (tertiary alicyclic amines) is 1. The Labute approximate surface area is 147 Å². The predicted octanol–water partition coefficient (Wildman–Crippen LogP) is 2.57. The van der Waals surface area contributed by atoms with Crippen LogP contribution in [0.4, 0.5) is 0 Å². The lowest BCUT2D eigenvalue weighted by molar-refractivity contribution is -0.127. The third-order valence-electron chi connectivity index (χ3n) is 5.83. The maximum Gasteiger partial charge on any atom is 0.223 e. The zero-order chi connectivity index (χ0) is 15.2. The molecule has 1 atom stereocenters. The van der Waals surface area contributed by atoms with Crippen LogP contribution < -0.4 is 10.6 Å². The van der Waals surface area contributed by atoms with Crippen molar-refractivity contribution in [3.8, 4) is 0 Å². The number of hydrogen-bond donors (Lipinski definition) is 2. The first-order valence-electron chi connectivity index (χ1n) is 9.55. The molecule has 1 aliphatic carbocycles. The molecule has 0 bridgehead atoms. The summed E-state index contributed by atoms with van der Waals surface area (Å²) in [7, 11) is 0. The number of nitrogens with zero attached hydrogens (tertiary/aromatic N) is 1. The molecule has 0 aromatic rings. The highest BCUT2D eigenvalue weighted by Crippen LogP contribution is 2.22. The fraction of sp³-hybridized carbons (Fsp3) is 0.944. The van der Waals surface area contributed by atoms with E-state index in [1.165, 1.54) is 64.6 Å². The van der Waals surface area contributed by atoms with Crippen LogP contribution in [0.25, 0.3) is 0 Å². The Balaban J connectivity index is 0.00000192. The molecule has 134 valence electrons. The van der Waals surface area contributed by atoms with E-state index in [9.17, 15) is 4.79 Å². The third-order valence-corrected chi connectivity index (χ3v) is 5.83. The summed E-state index contributed by atoms with van der Waals surface area (Å²) in [5.74, 6) is 1.43. The average Bonchev–Trinajstić information content (AvgIpc) is 2.57. The van der Waals surface area contributed by atoms with Crippen LogP contribution in [0.2, 0.25) is 0 Å². The number of carbonyl (C=O) groups excluding carboxylic acids is 1. The van der Waals surface area contributed by atoms with Gasteiger partial charge in [0, 0.05) is 18.5 Å². The summed E-state index contributed by atoms with van der Waals surface area (Å²) in [6, 6.07) is 0.465. The van der Waals surface area contributed by atoms with Crippen LogP contribution in [0.1, 0.15) is 57.8 Å². The fourth-order valence-corrected chi connectivity index (χ4v) is 4.39. The normalized spacial score (nSPS) is 28.1. The van der Waals surface area contributed by atoms with Crippen LogP contribution in [-0.2, 0) is 4.79 Å². The van der Waals surface area contributed by atoms with Crippen LogP contribution in [0.5, 0.6) is 0 Å². The largest absolute Gasteiger partial charge is 0.353 e. The molecule has 4 nitrogen and oxygen atoms in total. The number of carbonyl (C=O) groups is 1. The van der Waals surface area contributed by atoms with Crippen molar-refractivity contribution < 1.29 is 4.79 Å². The van der Waals surface area contributed by atoms with E-state index in [2.05, 4.69) is 15.5 Å². The third kappa shape index (κ3) is 5.91. The van der Waals surface area contributed by atoms with Crippen LogP contribution in [0.15, 0.2) is 0 Å². The lowest BCUT2D eigenvalue weighted by Gasteiger charge is -2.35. The zero-order valence-corrected chi connectivity index (χ0v) is 15.2. The van der Waals surface area contributed by atoms with Gasteiger partial charge in [0.2, 0.25) is 5.91 Å². The molecule has 1 unspecified atom stereocenters. The van der Waals surface area contributed by atoms with Gasteiger partial charge in [0.05, 0.1) is 0 Å². The van der Waals surface area contributed by atoms with E-state index in [1.807, 2.05) is 0 Å². The molecular formula is C18H34ClN3O. The van der Waals surface area contributed by atoms with E-state index < -0.39 is 0 Å². The Kier molecular flexibility index (Phi) is 8.14. The summed E-state index contributed by atoms with van der Waals surface area (Å²) in [4.78, 5) is 15.0. The number of amides is 1. The lowest BCUT2D eigenvalue weighted by Crippen LogP contribution is -2.46. The molecule has 2 saturated heterocycles. The maximum atomic E-state index is 12.4. The van der Waals surface area contributed by atoms with Crippen LogP contribution in [-0.4, -0.2) is 49.6 Å². The van der Waals surface area contributed by atoms with Crippen molar-refractivity contribution in [2.75, 3.05) is 32.7 Å². The molecule has 1 amide bonds. The molecule has 0 spiro atoms. The number of rotatable bonds is 4. The van der Waals surface area contributed by atoms with E-state index in [-0.39, 0.29) is 18.3 Å². The summed E-state index contributed by atoms with van der Waals surface area (Å²) in [6.07, 6.45) is 11.1. The highest BCUT2D eigenvalue weighted by atomic mass is 35.5. The Morgan fingerprint density at radius 2 is 1.74 bits per heavy atom. The molecule has 0 aromatic carbocycles. The summed E-state index contributed by atoms with van der Waals surface area (Å²) in [5.41, 5.74) is 0. The van der Waals surface area contributed by atoms with Gasteiger partial charge < -0.3 is 15.5 Å². The Morgan fingerprint density at radius 1 is 1.00 bits per heavy atom. The first-order valence-corrected chi connectivity index (χ1v) is 9.55. The van der Waals surface area contributed by atoms with Crippen molar-refractivity contribution in [2.45, 2.75) is 63.8 Å². The van der Waals surface area contributed by atoms with Crippen molar-refractivity contribution in [1.82, 2.24) is 15.5 Å². The van der Waals surface area contributed by atoms with E-state index in [4.69, 9.17) is 0 Å². The minimum atomic E-state index is 0. The van der Waals surface area contributed by atoms with Gasteiger partial charge in [-0.25, -0.2) is 0 Å². The second kappa shape index (κ2) is 9.85. The van der Waals surface area contributed by atoms with Crippen molar-refractivity contribution in [1.29, 1.82) is 0 Å². The number of halogens is 1. The molecule has 5 heteroatoms. The monoisotopic (exact) mass is 343 g/mol. The van der Waals surface area contributed by atoms with Crippen molar-refractivity contribution in [3.05, 3.63) is 0 Å². The molecule has 0 aromatic heterocycles. The number of hydrogen-bond acceptors (Lipinski definition) is 3. The Bertz CT molecular complexity index is 346. The summed E-state index contributed by atoms with van der Waals surface area (Å²) in [5, 5.41) is 6.82. The minimum absolute atomic E-state index is 0. The van der Waals surface area contributed by atoms with Gasteiger partial charge in [0.1, 0.15) is 0 Å². The smallest absolute Gasteiger partial charge is 0.223 e. The maximum absolute atomic E-state index is 12.4. The Morgan fingerprint density at radius 3 is 2.39 bits per heavy atom. The summed E-state index contributed by atoms with van der Waals surface area (Å²) >= 11 is 0. The van der Waals surface area contributed by atoms with Gasteiger partial charge in [-0.3, -0.25) is 4.79 Å². The van der Waals surface area contributed by atoms with E-state index >= 15 is 0 Å². The topological polar surface area (TPSA) is 44.4 Å². The molecule has 2 N–H and O–H groups in total. The van der Waals surface area contributed by atoms with Gasteiger partial charge >= 0.3 is 0 Å². The minimum Gasteiger partial charge on any atom is -0.353 e. The van der Waals surface area contributed by atoms with Crippen molar-refractivity contribution in [2.24, 2.45) is 11.8 Å². The highest BCUT2D eigenvalue weighted by Gasteiger charge is 2.28. The molecule has 3 rings (SSSR count). The average molecular weight is 344 g/mol. The van der Waals surface area contributed by atoms with Crippen molar-refractivity contribution >= 4 is 18.3 Å². The first-order chi connectivity index (χ1) is 10.8. The summed E-state index contributed by atoms with van der Waals surface area (Å²) < 4.78 is 0. The standard InChI is InChI=1S/C18H33N3O.ClH/c22-18(20-17-6-2-1-3-7-17)16-8-11-21(12-9-16)14-15-5-4-10-19-13-15;/h15-17,19H,1-14H2,(H,20,22);1H. The van der Waals surface area contributed by atoms with Gasteiger partial charge in [0.25, 0.3) is 0 Å². The fourth-order valence-electron chi connectivity index (χ4n) is 4.39. The number of piperidine rings is 2. The molecule has 3 aliphatic rings. The highest BCUT2D eigenvalue weighted by molar-refractivity contribution is 5.85. The molecule has 2 heterocycles. The van der Waals surface area contributed by atoms with Crippen LogP contribution in [0, 0.1) is 11.8 Å². The first kappa shape index (κ1) is 19.0. The van der Waals surface area contributed by atoms with E-state index in [0.29, 0.717) is 11.9 Å². The quantitative estimate of drug-likeness (QED) is 0.824. The van der Waals surface area contributed by atoms with Crippen LogP contribution >= 0.6 is 12.4 Å². The van der Waals surface area contributed by atoms with Gasteiger partial charge in [0.15, 0.2) is 0 Å². The molecule has 0 radical (unpaired) electrons. The van der Waals surface area contributed by atoms with Gasteiger partial charge in [-0.05, 0) is 70.6 Å². The predicted molar refractivity (Wildman–Crippen MR) is 97.0 cm³/mol. The van der Waals surface area contributed by atoms with Crippen LogP contribution in [0.3, 0.4) is 0 Å². The SMILES string of the molecule is Cl.O=C(NC1CCCCC1)C1CCN(CC2CCCNC2)CC1. The van der Waals surface area contributed by atoms with Gasteiger partial charge in [-0.2, -0.15) is 0 Å². The molecular weight excluding hydrogens is 310 g/mol. The zero-order valence-electron chi connectivity index (χ0n) is 14.4. The molecule has 2 aliphatic heterocycles. The second-order valence-corrected chi connectivity index (χ2v) is 7.63. The second-order valence-electron chi connectivity index (χ2n) is 7.63. The lowest BCUT2D eigenvalue weighted by atomic mass is 9.91. The molecule has 1 saturated carbocycles. The van der Waals surface area contributed by atoms with Crippen molar-refractivity contribution in [3.63, 3.8) is 0 Å². The van der Waals surface area contributed by atoms with E-state index in [1.54, 1.807) is 0 Å². The van der Waals surface area contributed by atoms with Gasteiger partial charge in [-0.1, -0.05) is 19.3 Å². The molecule has 23 heavy (non-hydrogen) atoms. The van der Waals surface area contributed by atoms with Gasteiger partial charge in [-0.15, -0.1) is 12.4 Å².